The number of nitrogens with one attached hydrogen (secondary N) is 1. The molecular weight excluding hydrogens is 327 g/mol. The molecule has 1 amide bonds. The van der Waals surface area contributed by atoms with Crippen molar-refractivity contribution in [1.29, 1.82) is 0 Å². The summed E-state index contributed by atoms with van der Waals surface area (Å²) in [6, 6.07) is 11.5. The van der Waals surface area contributed by atoms with Gasteiger partial charge < -0.3 is 5.32 Å². The lowest BCUT2D eigenvalue weighted by Crippen LogP contribution is -2.28. The van der Waals surface area contributed by atoms with E-state index in [0.717, 1.165) is 17.7 Å². The second-order valence-corrected chi connectivity index (χ2v) is 5.65. The highest BCUT2D eigenvalue weighted by molar-refractivity contribution is 6.30. The minimum absolute atomic E-state index is 0.109. The van der Waals surface area contributed by atoms with Crippen molar-refractivity contribution in [2.24, 2.45) is 0 Å². The molecule has 122 valence electrons. The molecule has 2 nitrogen and oxygen atoms in total. The molecule has 0 aromatic heterocycles. The molecule has 0 bridgehead atoms. The largest absolute Gasteiger partial charge is 0.416 e. The van der Waals surface area contributed by atoms with Crippen LogP contribution in [0.25, 0.3) is 0 Å². The first-order chi connectivity index (χ1) is 10.8. The maximum absolute atomic E-state index is 12.7. The highest BCUT2D eigenvalue weighted by Crippen LogP contribution is 2.29. The first-order valence-electron chi connectivity index (χ1n) is 6.96. The van der Waals surface area contributed by atoms with Gasteiger partial charge in [-0.2, -0.15) is 13.2 Å². The van der Waals surface area contributed by atoms with E-state index >= 15 is 0 Å². The molecule has 1 unspecified atom stereocenters. The molecule has 0 spiro atoms. The molecule has 0 saturated carbocycles. The predicted molar refractivity (Wildman–Crippen MR) is 83.2 cm³/mol. The lowest BCUT2D eigenvalue weighted by Gasteiger charge is -2.15. The molecule has 2 rings (SSSR count). The van der Waals surface area contributed by atoms with Gasteiger partial charge >= 0.3 is 6.18 Å². The summed E-state index contributed by atoms with van der Waals surface area (Å²) in [5.41, 5.74) is 0.431. The summed E-state index contributed by atoms with van der Waals surface area (Å²) in [5, 5.41) is 3.35. The fraction of sp³-hybridized carbons (Fsp3) is 0.235. The van der Waals surface area contributed by atoms with Crippen LogP contribution in [0.3, 0.4) is 0 Å². The van der Waals surface area contributed by atoms with Crippen LogP contribution in [0, 0.1) is 0 Å². The number of halogens is 4. The minimum atomic E-state index is -4.41. The summed E-state index contributed by atoms with van der Waals surface area (Å²) in [5.74, 6) is -0.341. The van der Waals surface area contributed by atoms with Crippen molar-refractivity contribution in [2.45, 2.75) is 25.6 Å². The van der Waals surface area contributed by atoms with Gasteiger partial charge in [0.05, 0.1) is 18.0 Å². The number of hydrogen-bond acceptors (Lipinski definition) is 1. The monoisotopic (exact) mass is 341 g/mol. The lowest BCUT2D eigenvalue weighted by atomic mass is 10.1. The van der Waals surface area contributed by atoms with Gasteiger partial charge in [-0.1, -0.05) is 41.9 Å². The van der Waals surface area contributed by atoms with Gasteiger partial charge in [0.15, 0.2) is 0 Å². The Balaban J connectivity index is 2.01. The van der Waals surface area contributed by atoms with Gasteiger partial charge in [0.1, 0.15) is 0 Å². The molecule has 0 aliphatic carbocycles. The van der Waals surface area contributed by atoms with Crippen LogP contribution < -0.4 is 5.32 Å². The Labute approximate surface area is 137 Å². The number of hydrogen-bond donors (Lipinski definition) is 1. The second kappa shape index (κ2) is 7.04. The number of rotatable bonds is 4. The van der Waals surface area contributed by atoms with E-state index in [0.29, 0.717) is 10.6 Å². The van der Waals surface area contributed by atoms with Crippen LogP contribution in [-0.2, 0) is 17.4 Å². The quantitative estimate of drug-likeness (QED) is 0.852. The smallest absolute Gasteiger partial charge is 0.349 e. The number of benzene rings is 2. The van der Waals surface area contributed by atoms with Crippen LogP contribution in [0.5, 0.6) is 0 Å². The SMILES string of the molecule is CC(NC(=O)Cc1cccc(C(F)(F)F)c1)c1ccc(Cl)cc1. The van der Waals surface area contributed by atoms with Crippen molar-refractivity contribution in [3.05, 3.63) is 70.2 Å². The fourth-order valence-corrected chi connectivity index (χ4v) is 2.30. The summed E-state index contributed by atoms with van der Waals surface area (Å²) < 4.78 is 38.0. The van der Waals surface area contributed by atoms with E-state index in [-0.39, 0.29) is 18.4 Å². The van der Waals surface area contributed by atoms with Crippen molar-refractivity contribution in [1.82, 2.24) is 5.32 Å². The summed E-state index contributed by atoms with van der Waals surface area (Å²) in [7, 11) is 0. The Morgan fingerprint density at radius 1 is 1.17 bits per heavy atom. The molecule has 1 atom stereocenters. The Kier molecular flexibility index (Phi) is 5.31. The van der Waals surface area contributed by atoms with E-state index in [1.807, 2.05) is 0 Å². The summed E-state index contributed by atoms with van der Waals surface area (Å²) in [6.07, 6.45) is -4.52. The Morgan fingerprint density at radius 2 is 1.83 bits per heavy atom. The third-order valence-electron chi connectivity index (χ3n) is 3.37. The maximum Gasteiger partial charge on any atom is 0.416 e. The molecule has 0 aliphatic heterocycles. The van der Waals surface area contributed by atoms with Gasteiger partial charge in [-0.05, 0) is 36.2 Å². The van der Waals surface area contributed by atoms with Crippen LogP contribution in [0.4, 0.5) is 13.2 Å². The highest BCUT2D eigenvalue weighted by atomic mass is 35.5. The number of alkyl halides is 3. The van der Waals surface area contributed by atoms with Crippen molar-refractivity contribution in [3.8, 4) is 0 Å². The van der Waals surface area contributed by atoms with Crippen LogP contribution in [0.2, 0.25) is 5.02 Å². The van der Waals surface area contributed by atoms with E-state index in [9.17, 15) is 18.0 Å². The maximum atomic E-state index is 12.7. The van der Waals surface area contributed by atoms with Crippen LogP contribution in [0.1, 0.15) is 29.7 Å². The summed E-state index contributed by atoms with van der Waals surface area (Å²) >= 11 is 5.80. The Hall–Kier alpha value is -2.01. The molecule has 2 aromatic carbocycles. The molecule has 0 fully saturated rings. The molecule has 0 radical (unpaired) electrons. The molecular formula is C17H15ClF3NO. The third kappa shape index (κ3) is 4.99. The summed E-state index contributed by atoms with van der Waals surface area (Å²) in [4.78, 5) is 12.0. The second-order valence-electron chi connectivity index (χ2n) is 5.22. The molecule has 0 saturated heterocycles. The van der Waals surface area contributed by atoms with Gasteiger partial charge in [-0.25, -0.2) is 0 Å². The van der Waals surface area contributed by atoms with Crippen molar-refractivity contribution >= 4 is 17.5 Å². The van der Waals surface area contributed by atoms with E-state index in [4.69, 9.17) is 11.6 Å². The van der Waals surface area contributed by atoms with Gasteiger partial charge in [0.25, 0.3) is 0 Å². The highest BCUT2D eigenvalue weighted by Gasteiger charge is 2.30. The molecule has 0 aliphatic rings. The third-order valence-corrected chi connectivity index (χ3v) is 3.62. The average molecular weight is 342 g/mol. The van der Waals surface area contributed by atoms with E-state index in [2.05, 4.69) is 5.32 Å². The fourth-order valence-electron chi connectivity index (χ4n) is 2.17. The van der Waals surface area contributed by atoms with Gasteiger partial charge in [-0.15, -0.1) is 0 Å². The molecule has 2 aromatic rings. The average Bonchev–Trinajstić information content (AvgIpc) is 2.47. The summed E-state index contributed by atoms with van der Waals surface area (Å²) in [6.45, 7) is 1.80. The minimum Gasteiger partial charge on any atom is -0.349 e. The normalized spacial score (nSPS) is 12.7. The van der Waals surface area contributed by atoms with Crippen LogP contribution in [-0.4, -0.2) is 5.91 Å². The number of carbonyl (C=O) groups excluding carboxylic acids is 1. The zero-order valence-electron chi connectivity index (χ0n) is 12.3. The number of carbonyl (C=O) groups is 1. The van der Waals surface area contributed by atoms with Gasteiger partial charge in [0.2, 0.25) is 5.91 Å². The lowest BCUT2D eigenvalue weighted by molar-refractivity contribution is -0.137. The predicted octanol–water partition coefficient (Wildman–Crippen LogP) is 4.78. The standard InChI is InChI=1S/C17H15ClF3NO/c1-11(13-5-7-15(18)8-6-13)22-16(23)10-12-3-2-4-14(9-12)17(19,20)21/h2-9,11H,10H2,1H3,(H,22,23). The van der Waals surface area contributed by atoms with Gasteiger partial charge in [-0.3, -0.25) is 4.79 Å². The molecule has 6 heteroatoms. The zero-order valence-corrected chi connectivity index (χ0v) is 13.1. The molecule has 0 heterocycles. The van der Waals surface area contributed by atoms with E-state index < -0.39 is 11.7 Å². The van der Waals surface area contributed by atoms with Gasteiger partial charge in [0, 0.05) is 5.02 Å². The topological polar surface area (TPSA) is 29.1 Å². The van der Waals surface area contributed by atoms with E-state index in [1.165, 1.54) is 12.1 Å². The van der Waals surface area contributed by atoms with Crippen LogP contribution >= 0.6 is 11.6 Å². The molecule has 1 N–H and O–H groups in total. The molecule has 23 heavy (non-hydrogen) atoms. The van der Waals surface area contributed by atoms with Crippen LogP contribution in [0.15, 0.2) is 48.5 Å². The first-order valence-corrected chi connectivity index (χ1v) is 7.34. The van der Waals surface area contributed by atoms with Crippen molar-refractivity contribution < 1.29 is 18.0 Å². The number of amides is 1. The Bertz CT molecular complexity index is 683. The zero-order chi connectivity index (χ0) is 17.0. The van der Waals surface area contributed by atoms with Crippen molar-refractivity contribution in [3.63, 3.8) is 0 Å². The van der Waals surface area contributed by atoms with Crippen molar-refractivity contribution in [2.75, 3.05) is 0 Å². The first kappa shape index (κ1) is 17.3. The Morgan fingerprint density at radius 3 is 2.43 bits per heavy atom. The van der Waals surface area contributed by atoms with E-state index in [1.54, 1.807) is 31.2 Å².